The molecule has 0 aliphatic heterocycles. The quantitative estimate of drug-likeness (QED) is 0.857. The number of rotatable bonds is 5. The molecule has 2 atom stereocenters. The van der Waals surface area contributed by atoms with Crippen LogP contribution < -0.4 is 0 Å². The van der Waals surface area contributed by atoms with Crippen molar-refractivity contribution in [1.29, 1.82) is 5.26 Å². The van der Waals surface area contributed by atoms with Crippen LogP contribution >= 0.6 is 11.8 Å². The molecule has 0 bridgehead atoms. The highest BCUT2D eigenvalue weighted by Crippen LogP contribution is 2.24. The van der Waals surface area contributed by atoms with Gasteiger partial charge in [0.15, 0.2) is 5.12 Å². The largest absolute Gasteiger partial charge is 0.389 e. The number of thioether (sulfide) groups is 1. The van der Waals surface area contributed by atoms with Crippen LogP contribution in [0.5, 0.6) is 0 Å². The van der Waals surface area contributed by atoms with Crippen molar-refractivity contribution in [3.05, 3.63) is 35.1 Å². The lowest BCUT2D eigenvalue weighted by Crippen LogP contribution is -2.22. The molecule has 1 aromatic carbocycles. The summed E-state index contributed by atoms with van der Waals surface area (Å²) < 4.78 is 13.2. The number of hydrogen-bond donors (Lipinski definition) is 2. The minimum Gasteiger partial charge on any atom is -0.389 e. The molecule has 0 saturated carbocycles. The summed E-state index contributed by atoms with van der Waals surface area (Å²) in [5.41, 5.74) is 0.640. The van der Waals surface area contributed by atoms with Gasteiger partial charge in [0.25, 0.3) is 0 Å². The highest BCUT2D eigenvalue weighted by Gasteiger charge is 2.22. The van der Waals surface area contributed by atoms with Gasteiger partial charge in [-0.3, -0.25) is 4.79 Å². The molecule has 0 spiro atoms. The lowest BCUT2D eigenvalue weighted by molar-refractivity contribution is -0.109. The highest BCUT2D eigenvalue weighted by molar-refractivity contribution is 8.13. The Balaban J connectivity index is 2.91. The lowest BCUT2D eigenvalue weighted by atomic mass is 9.97. The summed E-state index contributed by atoms with van der Waals surface area (Å²) in [6.07, 6.45) is -2.52. The maximum Gasteiger partial charge on any atom is 0.185 e. The smallest absolute Gasteiger partial charge is 0.185 e. The first kappa shape index (κ1) is 15.6. The zero-order chi connectivity index (χ0) is 14.4. The van der Waals surface area contributed by atoms with Gasteiger partial charge in [0, 0.05) is 12.7 Å². The van der Waals surface area contributed by atoms with Gasteiger partial charge in [-0.1, -0.05) is 17.8 Å². The Morgan fingerprint density at radius 3 is 2.79 bits per heavy atom. The van der Waals surface area contributed by atoms with E-state index in [0.29, 0.717) is 5.56 Å². The average Bonchev–Trinajstić information content (AvgIpc) is 2.37. The lowest BCUT2D eigenvalue weighted by Gasteiger charge is -2.19. The van der Waals surface area contributed by atoms with Crippen LogP contribution in [0.15, 0.2) is 18.2 Å². The van der Waals surface area contributed by atoms with Crippen molar-refractivity contribution in [3.63, 3.8) is 0 Å². The number of nitrogens with zero attached hydrogens (tertiary/aromatic N) is 1. The molecule has 1 aromatic rings. The van der Waals surface area contributed by atoms with E-state index in [1.807, 2.05) is 6.07 Å². The maximum absolute atomic E-state index is 13.2. The van der Waals surface area contributed by atoms with Gasteiger partial charge in [-0.15, -0.1) is 0 Å². The van der Waals surface area contributed by atoms with Crippen LogP contribution in [0.2, 0.25) is 0 Å². The van der Waals surface area contributed by atoms with Crippen molar-refractivity contribution in [2.24, 2.45) is 0 Å². The topological polar surface area (TPSA) is 81.3 Å². The predicted molar refractivity (Wildman–Crippen MR) is 69.8 cm³/mol. The van der Waals surface area contributed by atoms with Crippen molar-refractivity contribution in [2.75, 3.05) is 5.75 Å². The molecule has 0 amide bonds. The molecule has 1 rings (SSSR count). The molecular formula is C13H14FNO3S. The summed E-state index contributed by atoms with van der Waals surface area (Å²) in [5, 5.41) is 28.3. The second-order valence-electron chi connectivity index (χ2n) is 3.99. The number of hydrogen-bond acceptors (Lipinski definition) is 5. The van der Waals surface area contributed by atoms with Gasteiger partial charge in [0.2, 0.25) is 0 Å². The van der Waals surface area contributed by atoms with E-state index < -0.39 is 18.0 Å². The van der Waals surface area contributed by atoms with Crippen LogP contribution in [0.4, 0.5) is 4.39 Å². The van der Waals surface area contributed by atoms with Gasteiger partial charge in [0.1, 0.15) is 11.9 Å². The highest BCUT2D eigenvalue weighted by atomic mass is 32.2. The van der Waals surface area contributed by atoms with Crippen LogP contribution in [0.3, 0.4) is 0 Å². The van der Waals surface area contributed by atoms with E-state index in [0.717, 1.165) is 17.8 Å². The number of benzene rings is 1. The fourth-order valence-electron chi connectivity index (χ4n) is 1.59. The second-order valence-corrected chi connectivity index (χ2v) is 5.19. The zero-order valence-electron chi connectivity index (χ0n) is 10.3. The van der Waals surface area contributed by atoms with Gasteiger partial charge in [-0.25, -0.2) is 4.39 Å². The molecule has 0 saturated heterocycles. The van der Waals surface area contributed by atoms with E-state index in [4.69, 9.17) is 5.26 Å². The molecule has 0 aliphatic carbocycles. The van der Waals surface area contributed by atoms with Crippen LogP contribution in [-0.4, -0.2) is 27.2 Å². The van der Waals surface area contributed by atoms with Gasteiger partial charge < -0.3 is 10.2 Å². The molecule has 19 heavy (non-hydrogen) atoms. The Hall–Kier alpha value is -1.42. The molecular weight excluding hydrogens is 269 g/mol. The van der Waals surface area contributed by atoms with E-state index >= 15 is 0 Å². The summed E-state index contributed by atoms with van der Waals surface area (Å²) in [4.78, 5) is 10.8. The predicted octanol–water partition coefficient (Wildman–Crippen LogP) is 1.57. The monoisotopic (exact) mass is 283 g/mol. The fourth-order valence-corrected chi connectivity index (χ4v) is 2.18. The summed E-state index contributed by atoms with van der Waals surface area (Å²) in [5.74, 6) is -0.541. The number of carbonyl (C=O) groups excluding carboxylic acids is 1. The molecule has 0 heterocycles. The normalized spacial score (nSPS) is 13.6. The summed E-state index contributed by atoms with van der Waals surface area (Å²) in [6.45, 7) is 1.35. The third-order valence-electron chi connectivity index (χ3n) is 2.52. The van der Waals surface area contributed by atoms with Gasteiger partial charge in [-0.05, 0) is 23.3 Å². The van der Waals surface area contributed by atoms with E-state index in [9.17, 15) is 19.4 Å². The molecule has 4 nitrogen and oxygen atoms in total. The Morgan fingerprint density at radius 2 is 2.21 bits per heavy atom. The van der Waals surface area contributed by atoms with Gasteiger partial charge in [0.05, 0.1) is 18.6 Å². The number of carbonyl (C=O) groups is 1. The van der Waals surface area contributed by atoms with Crippen LogP contribution in [0, 0.1) is 17.1 Å². The van der Waals surface area contributed by atoms with Gasteiger partial charge >= 0.3 is 0 Å². The summed E-state index contributed by atoms with van der Waals surface area (Å²) >= 11 is 0.878. The van der Waals surface area contributed by atoms with E-state index in [-0.39, 0.29) is 22.9 Å². The maximum atomic E-state index is 13.2. The molecule has 0 fully saturated rings. The van der Waals surface area contributed by atoms with E-state index in [1.54, 1.807) is 0 Å². The standard InChI is InChI=1S/C13H14FNO3S/c1-8(16)19-7-12(17)13(18)11-6-10(14)3-2-9(11)4-5-15/h2-3,6,12-13,17-18H,4,7H2,1H3. The first-order valence-electron chi connectivity index (χ1n) is 5.60. The SMILES string of the molecule is CC(=O)SCC(O)C(O)c1cc(F)ccc1CC#N. The summed E-state index contributed by atoms with van der Waals surface area (Å²) in [7, 11) is 0. The Bertz CT molecular complexity index is 501. The van der Waals surface area contributed by atoms with Crippen molar-refractivity contribution >= 4 is 16.9 Å². The first-order chi connectivity index (χ1) is 8.95. The first-order valence-corrected chi connectivity index (χ1v) is 6.59. The van der Waals surface area contributed by atoms with Crippen molar-refractivity contribution in [1.82, 2.24) is 0 Å². The summed E-state index contributed by atoms with van der Waals surface area (Å²) in [6, 6.07) is 5.61. The minimum atomic E-state index is -1.33. The van der Waals surface area contributed by atoms with Crippen LogP contribution in [-0.2, 0) is 11.2 Å². The number of halogens is 1. The number of aliphatic hydroxyl groups excluding tert-OH is 2. The number of aliphatic hydroxyl groups is 2. The van der Waals surface area contributed by atoms with Crippen LogP contribution in [0.1, 0.15) is 24.2 Å². The molecule has 0 aliphatic rings. The molecule has 2 N–H and O–H groups in total. The Labute approximate surface area is 114 Å². The second kappa shape index (κ2) is 7.24. The molecule has 0 aromatic heterocycles. The Morgan fingerprint density at radius 1 is 1.53 bits per heavy atom. The van der Waals surface area contributed by atoms with Crippen molar-refractivity contribution in [2.45, 2.75) is 25.6 Å². The van der Waals surface area contributed by atoms with E-state index in [1.165, 1.54) is 19.1 Å². The molecule has 102 valence electrons. The Kier molecular flexibility index (Phi) is 5.96. The third-order valence-corrected chi connectivity index (χ3v) is 3.43. The molecule has 0 radical (unpaired) electrons. The van der Waals surface area contributed by atoms with Gasteiger partial charge in [-0.2, -0.15) is 5.26 Å². The average molecular weight is 283 g/mol. The fraction of sp³-hybridized carbons (Fsp3) is 0.385. The third kappa shape index (κ3) is 4.63. The van der Waals surface area contributed by atoms with Crippen molar-refractivity contribution < 1.29 is 19.4 Å². The van der Waals surface area contributed by atoms with Crippen molar-refractivity contribution in [3.8, 4) is 6.07 Å². The minimum absolute atomic E-state index is 0.0129. The molecule has 2 unspecified atom stereocenters. The number of nitriles is 1. The van der Waals surface area contributed by atoms with E-state index in [2.05, 4.69) is 0 Å². The molecule has 6 heteroatoms. The van der Waals surface area contributed by atoms with Crippen LogP contribution in [0.25, 0.3) is 0 Å². The zero-order valence-corrected chi connectivity index (χ0v) is 11.2.